The molecule has 0 radical (unpaired) electrons. The Hall–Kier alpha value is -1.36. The first-order valence-corrected chi connectivity index (χ1v) is 7.18. The molecule has 2 aromatic rings. The number of phenolic OH excluding ortho intramolecular Hbond substituents is 1. The van der Waals surface area contributed by atoms with Crippen LogP contribution in [0.2, 0.25) is 15.1 Å². The smallest absolute Gasteiger partial charge is 0.257 e. The lowest BCUT2D eigenvalue weighted by Crippen LogP contribution is -2.26. The molecule has 0 aliphatic rings. The summed E-state index contributed by atoms with van der Waals surface area (Å²) in [5.41, 5.74) is -0.163. The highest BCUT2D eigenvalue weighted by Gasteiger charge is 2.23. The van der Waals surface area contributed by atoms with Crippen molar-refractivity contribution in [2.75, 3.05) is 0 Å². The summed E-state index contributed by atoms with van der Waals surface area (Å²) in [5.74, 6) is 0.317. The lowest BCUT2D eigenvalue weighted by atomic mass is 10.1. The van der Waals surface area contributed by atoms with E-state index >= 15 is 0 Å². The summed E-state index contributed by atoms with van der Waals surface area (Å²) < 4.78 is 5.43. The highest BCUT2D eigenvalue weighted by molar-refractivity contribution is 6.45. The molecule has 2 rings (SSSR count). The van der Waals surface area contributed by atoms with Gasteiger partial charge < -0.3 is 14.8 Å². The minimum atomic E-state index is -0.594. The lowest BCUT2D eigenvalue weighted by molar-refractivity contribution is 0.0932. The molecule has 4 nitrogen and oxygen atoms in total. The van der Waals surface area contributed by atoms with Gasteiger partial charge in [-0.3, -0.25) is 4.79 Å². The van der Waals surface area contributed by atoms with Gasteiger partial charge in [-0.2, -0.15) is 0 Å². The Kier molecular flexibility index (Phi) is 4.71. The van der Waals surface area contributed by atoms with E-state index in [1.807, 2.05) is 0 Å². The number of hydrogen-bond acceptors (Lipinski definition) is 3. The third-order valence-electron chi connectivity index (χ3n) is 2.91. The van der Waals surface area contributed by atoms with E-state index < -0.39 is 17.7 Å². The fraction of sp³-hybridized carbons (Fsp3) is 0.214. The quantitative estimate of drug-likeness (QED) is 0.787. The number of benzene rings is 1. The summed E-state index contributed by atoms with van der Waals surface area (Å²) in [6, 6.07) is 4.42. The van der Waals surface area contributed by atoms with E-state index in [-0.39, 0.29) is 20.6 Å². The van der Waals surface area contributed by atoms with Crippen molar-refractivity contribution in [1.82, 2.24) is 5.32 Å². The van der Waals surface area contributed by atoms with E-state index in [9.17, 15) is 9.90 Å². The summed E-state index contributed by atoms with van der Waals surface area (Å²) >= 11 is 17.6. The van der Waals surface area contributed by atoms with Crippen LogP contribution in [0.25, 0.3) is 0 Å². The van der Waals surface area contributed by atoms with Gasteiger partial charge >= 0.3 is 0 Å². The third-order valence-corrected chi connectivity index (χ3v) is 3.98. The van der Waals surface area contributed by atoms with E-state index in [0.717, 1.165) is 5.76 Å². The molecule has 112 valence electrons. The molecule has 1 unspecified atom stereocenters. The number of rotatable bonds is 3. The predicted octanol–water partition coefficient (Wildman–Crippen LogP) is 4.74. The first kappa shape index (κ1) is 16.0. The van der Waals surface area contributed by atoms with Gasteiger partial charge in [-0.25, -0.2) is 0 Å². The zero-order chi connectivity index (χ0) is 15.7. The van der Waals surface area contributed by atoms with E-state index in [2.05, 4.69) is 5.32 Å². The normalized spacial score (nSPS) is 12.2. The fourth-order valence-corrected chi connectivity index (χ4v) is 2.51. The van der Waals surface area contributed by atoms with Gasteiger partial charge in [0.1, 0.15) is 22.8 Å². The van der Waals surface area contributed by atoms with Gasteiger partial charge in [0, 0.05) is 0 Å². The molecule has 21 heavy (non-hydrogen) atoms. The Morgan fingerprint density at radius 1 is 1.29 bits per heavy atom. The zero-order valence-electron chi connectivity index (χ0n) is 11.2. The first-order chi connectivity index (χ1) is 9.81. The van der Waals surface area contributed by atoms with Crippen molar-refractivity contribution in [2.24, 2.45) is 0 Å². The minimum absolute atomic E-state index is 0.0453. The molecular weight excluding hydrogens is 337 g/mol. The lowest BCUT2D eigenvalue weighted by Gasteiger charge is -2.14. The van der Waals surface area contributed by atoms with Gasteiger partial charge in [-0.1, -0.05) is 34.8 Å². The molecule has 7 heteroatoms. The fourth-order valence-electron chi connectivity index (χ4n) is 1.82. The van der Waals surface area contributed by atoms with E-state index in [1.54, 1.807) is 26.0 Å². The van der Waals surface area contributed by atoms with Crippen molar-refractivity contribution < 1.29 is 14.3 Å². The maximum Gasteiger partial charge on any atom is 0.257 e. The second kappa shape index (κ2) is 6.18. The van der Waals surface area contributed by atoms with Gasteiger partial charge in [-0.05, 0) is 32.0 Å². The predicted molar refractivity (Wildman–Crippen MR) is 82.5 cm³/mol. The number of hydrogen-bond donors (Lipinski definition) is 2. The number of aromatic hydroxyl groups is 1. The van der Waals surface area contributed by atoms with Crippen LogP contribution < -0.4 is 5.32 Å². The van der Waals surface area contributed by atoms with Crippen molar-refractivity contribution in [1.29, 1.82) is 0 Å². The molecule has 0 saturated heterocycles. The topological polar surface area (TPSA) is 62.5 Å². The summed E-state index contributed by atoms with van der Waals surface area (Å²) in [5, 5.41) is 12.6. The summed E-state index contributed by atoms with van der Waals surface area (Å²) in [6.45, 7) is 3.55. The van der Waals surface area contributed by atoms with Crippen molar-refractivity contribution in [2.45, 2.75) is 19.9 Å². The standard InChI is InChI=1S/C14H12Cl3NO3/c1-6-3-4-10(21-6)7(2)18-14(20)11-12(17)8(15)5-9(16)13(11)19/h3-5,7,19H,1-2H3,(H,18,20). The molecule has 2 N–H and O–H groups in total. The van der Waals surface area contributed by atoms with Gasteiger partial charge in [0.05, 0.1) is 21.1 Å². The minimum Gasteiger partial charge on any atom is -0.505 e. The Bertz CT molecular complexity index is 671. The molecular formula is C14H12Cl3NO3. The molecule has 0 fully saturated rings. The Balaban J connectivity index is 2.29. The highest BCUT2D eigenvalue weighted by atomic mass is 35.5. The maximum absolute atomic E-state index is 12.3. The monoisotopic (exact) mass is 347 g/mol. The van der Waals surface area contributed by atoms with Crippen molar-refractivity contribution in [3.63, 3.8) is 0 Å². The summed E-state index contributed by atoms with van der Waals surface area (Å²) in [4.78, 5) is 12.3. The number of nitrogens with one attached hydrogen (secondary N) is 1. The zero-order valence-corrected chi connectivity index (χ0v) is 13.5. The number of carbonyl (C=O) groups is 1. The van der Waals surface area contributed by atoms with E-state index in [1.165, 1.54) is 6.07 Å². The number of halogens is 3. The van der Waals surface area contributed by atoms with Crippen molar-refractivity contribution >= 4 is 40.7 Å². The molecule has 0 spiro atoms. The number of phenols is 1. The molecule has 0 aliphatic carbocycles. The SMILES string of the molecule is Cc1ccc(C(C)NC(=O)c2c(O)c(Cl)cc(Cl)c2Cl)o1. The van der Waals surface area contributed by atoms with Crippen LogP contribution in [-0.4, -0.2) is 11.0 Å². The average Bonchev–Trinajstić information content (AvgIpc) is 2.83. The van der Waals surface area contributed by atoms with Crippen LogP contribution in [0.1, 0.15) is 34.8 Å². The molecule has 0 bridgehead atoms. The van der Waals surface area contributed by atoms with Crippen LogP contribution in [0.4, 0.5) is 0 Å². The Morgan fingerprint density at radius 3 is 2.52 bits per heavy atom. The van der Waals surface area contributed by atoms with Crippen LogP contribution in [-0.2, 0) is 0 Å². The van der Waals surface area contributed by atoms with Crippen LogP contribution in [0.3, 0.4) is 0 Å². The Morgan fingerprint density at radius 2 is 1.95 bits per heavy atom. The van der Waals surface area contributed by atoms with E-state index in [4.69, 9.17) is 39.2 Å². The largest absolute Gasteiger partial charge is 0.505 e. The van der Waals surface area contributed by atoms with Crippen LogP contribution in [0.15, 0.2) is 22.6 Å². The van der Waals surface area contributed by atoms with Crippen LogP contribution >= 0.6 is 34.8 Å². The highest BCUT2D eigenvalue weighted by Crippen LogP contribution is 2.38. The van der Waals surface area contributed by atoms with Gasteiger partial charge in [0.25, 0.3) is 5.91 Å². The first-order valence-electron chi connectivity index (χ1n) is 6.05. The maximum atomic E-state index is 12.3. The van der Waals surface area contributed by atoms with E-state index in [0.29, 0.717) is 5.76 Å². The summed E-state index contributed by atoms with van der Waals surface area (Å²) in [7, 11) is 0. The second-order valence-electron chi connectivity index (χ2n) is 4.52. The number of carbonyl (C=O) groups excluding carboxylic acids is 1. The molecule has 1 amide bonds. The Labute approximate surface area is 136 Å². The van der Waals surface area contributed by atoms with Crippen LogP contribution in [0, 0.1) is 6.92 Å². The summed E-state index contributed by atoms with van der Waals surface area (Å²) in [6.07, 6.45) is 0. The molecule has 1 aromatic heterocycles. The van der Waals surface area contributed by atoms with Gasteiger partial charge in [0.15, 0.2) is 0 Å². The molecule has 0 saturated carbocycles. The molecule has 0 aliphatic heterocycles. The van der Waals surface area contributed by atoms with Gasteiger partial charge in [0.2, 0.25) is 0 Å². The number of amides is 1. The molecule has 1 aromatic carbocycles. The second-order valence-corrected chi connectivity index (χ2v) is 5.71. The average molecular weight is 349 g/mol. The van der Waals surface area contributed by atoms with Gasteiger partial charge in [-0.15, -0.1) is 0 Å². The van der Waals surface area contributed by atoms with Crippen LogP contribution in [0.5, 0.6) is 5.75 Å². The number of furan rings is 1. The molecule has 1 atom stereocenters. The molecule has 1 heterocycles. The third kappa shape index (κ3) is 3.28. The van der Waals surface area contributed by atoms with Crippen molar-refractivity contribution in [3.05, 3.63) is 50.4 Å². The van der Waals surface area contributed by atoms with Crippen molar-refractivity contribution in [3.8, 4) is 5.75 Å². The number of aryl methyl sites for hydroxylation is 1.